The van der Waals surface area contributed by atoms with Crippen LogP contribution >= 0.6 is 0 Å². The van der Waals surface area contributed by atoms with Crippen molar-refractivity contribution in [3.8, 4) is 0 Å². The summed E-state index contributed by atoms with van der Waals surface area (Å²) in [6.45, 7) is 2.20. The van der Waals surface area contributed by atoms with Gasteiger partial charge in [0.25, 0.3) is 0 Å². The standard InChI is InChI=1S/C23H31N7O3.C2H7N/c24-19(3-1-2-10-30-15-21(16-31)28-29-30)4-5-22(25)27-23(32)14-20-13-18(6-9-26-20)17-7-11-33-12-8-17;1-3-2/h4-6,9,13,15-17H,1-3,7-8,10-12,14,24-25H2,(H,27,32);3H,1-2H3/b19-4-,22-5+;. The summed E-state index contributed by atoms with van der Waals surface area (Å²) in [4.78, 5) is 27.3. The summed E-state index contributed by atoms with van der Waals surface area (Å²) in [5, 5.41) is 13.0. The normalized spacial score (nSPS) is 14.6. The fourth-order valence-electron chi connectivity index (χ4n) is 3.65. The van der Waals surface area contributed by atoms with Crippen molar-refractivity contribution in [2.24, 2.45) is 11.5 Å². The van der Waals surface area contributed by atoms with E-state index in [1.54, 1.807) is 29.2 Å². The predicted octanol–water partition coefficient (Wildman–Crippen LogP) is 1.39. The molecule has 1 saturated heterocycles. The van der Waals surface area contributed by atoms with Gasteiger partial charge in [0.05, 0.1) is 12.6 Å². The molecular formula is C25H38N8O3. The first-order valence-electron chi connectivity index (χ1n) is 12.1. The number of aryl methyl sites for hydroxylation is 1. The molecular weight excluding hydrogens is 460 g/mol. The highest BCUT2D eigenvalue weighted by Crippen LogP contribution is 2.26. The highest BCUT2D eigenvalue weighted by Gasteiger charge is 2.17. The van der Waals surface area contributed by atoms with Gasteiger partial charge in [-0.05, 0) is 82.0 Å². The number of aromatic nitrogens is 4. The van der Waals surface area contributed by atoms with Crippen molar-refractivity contribution in [2.45, 2.75) is 51.0 Å². The third kappa shape index (κ3) is 10.8. The van der Waals surface area contributed by atoms with Crippen LogP contribution in [0, 0.1) is 0 Å². The third-order valence-corrected chi connectivity index (χ3v) is 5.42. The Balaban J connectivity index is 0.00000145. The Hall–Kier alpha value is -3.57. The number of nitrogens with one attached hydrogen (secondary N) is 2. The zero-order chi connectivity index (χ0) is 26.2. The van der Waals surface area contributed by atoms with E-state index < -0.39 is 0 Å². The van der Waals surface area contributed by atoms with Crippen molar-refractivity contribution >= 4 is 12.2 Å². The number of rotatable bonds is 11. The van der Waals surface area contributed by atoms with E-state index in [4.69, 9.17) is 16.2 Å². The number of nitrogens with two attached hydrogens (primary N) is 2. The second-order valence-electron chi connectivity index (χ2n) is 8.54. The lowest BCUT2D eigenvalue weighted by Crippen LogP contribution is -2.29. The van der Waals surface area contributed by atoms with E-state index in [1.165, 1.54) is 5.56 Å². The van der Waals surface area contributed by atoms with Gasteiger partial charge in [-0.3, -0.25) is 19.3 Å². The number of carbonyl (C=O) groups excluding carboxylic acids is 2. The SMILES string of the molecule is CNC.N/C(=C\C=C(/N)NC(=O)Cc1cc(C2CCOCC2)ccn1)CCCCn1cc(C=O)nn1. The minimum atomic E-state index is -0.227. The zero-order valence-electron chi connectivity index (χ0n) is 21.2. The number of hydrogen-bond acceptors (Lipinski definition) is 9. The number of ether oxygens (including phenoxy) is 1. The zero-order valence-corrected chi connectivity index (χ0v) is 21.2. The maximum atomic E-state index is 12.3. The molecule has 2 aromatic rings. The Morgan fingerprint density at radius 1 is 1.22 bits per heavy atom. The molecule has 196 valence electrons. The molecule has 0 aromatic carbocycles. The maximum absolute atomic E-state index is 12.3. The Bertz CT molecular complexity index is 1010. The lowest BCUT2D eigenvalue weighted by molar-refractivity contribution is -0.119. The van der Waals surface area contributed by atoms with Crippen LogP contribution in [0.4, 0.5) is 0 Å². The van der Waals surface area contributed by atoms with Gasteiger partial charge in [-0.2, -0.15) is 0 Å². The minimum Gasteiger partial charge on any atom is -0.402 e. The maximum Gasteiger partial charge on any atom is 0.231 e. The predicted molar refractivity (Wildman–Crippen MR) is 138 cm³/mol. The number of hydrogen-bond donors (Lipinski definition) is 4. The number of pyridine rings is 1. The highest BCUT2D eigenvalue weighted by atomic mass is 16.5. The van der Waals surface area contributed by atoms with Crippen LogP contribution in [-0.2, 0) is 22.5 Å². The quantitative estimate of drug-likeness (QED) is 0.204. The number of unbranched alkanes of at least 4 members (excludes halogenated alkanes) is 1. The molecule has 11 nitrogen and oxygen atoms in total. The molecule has 1 amide bonds. The summed E-state index contributed by atoms with van der Waals surface area (Å²) in [6.07, 6.45) is 11.8. The molecule has 0 spiro atoms. The van der Waals surface area contributed by atoms with Gasteiger partial charge in [0.2, 0.25) is 5.91 Å². The first kappa shape index (κ1) is 28.7. The van der Waals surface area contributed by atoms with Gasteiger partial charge in [-0.15, -0.1) is 5.10 Å². The second-order valence-corrected chi connectivity index (χ2v) is 8.54. The van der Waals surface area contributed by atoms with Crippen molar-refractivity contribution in [2.75, 3.05) is 27.3 Å². The van der Waals surface area contributed by atoms with E-state index in [9.17, 15) is 9.59 Å². The monoisotopic (exact) mass is 498 g/mol. The first-order chi connectivity index (χ1) is 17.4. The van der Waals surface area contributed by atoms with Gasteiger partial charge in [0, 0.05) is 37.3 Å². The number of aldehydes is 1. The minimum absolute atomic E-state index is 0.152. The van der Waals surface area contributed by atoms with Gasteiger partial charge >= 0.3 is 0 Å². The van der Waals surface area contributed by atoms with Crippen LogP contribution in [0.25, 0.3) is 0 Å². The van der Waals surface area contributed by atoms with Crippen LogP contribution in [0.2, 0.25) is 0 Å². The third-order valence-electron chi connectivity index (χ3n) is 5.42. The Kier molecular flexibility index (Phi) is 12.9. The van der Waals surface area contributed by atoms with Crippen molar-refractivity contribution < 1.29 is 14.3 Å². The first-order valence-corrected chi connectivity index (χ1v) is 12.1. The lowest BCUT2D eigenvalue weighted by Gasteiger charge is -2.22. The number of nitrogens with zero attached hydrogens (tertiary/aromatic N) is 4. The molecule has 0 atom stereocenters. The topological polar surface area (TPSA) is 163 Å². The van der Waals surface area contributed by atoms with Crippen molar-refractivity contribution in [3.05, 3.63) is 65.1 Å². The largest absolute Gasteiger partial charge is 0.402 e. The summed E-state index contributed by atoms with van der Waals surface area (Å²) in [7, 11) is 3.75. The molecule has 36 heavy (non-hydrogen) atoms. The van der Waals surface area contributed by atoms with Crippen molar-refractivity contribution in [1.82, 2.24) is 30.6 Å². The van der Waals surface area contributed by atoms with Crippen LogP contribution < -0.4 is 22.1 Å². The molecule has 6 N–H and O–H groups in total. The lowest BCUT2D eigenvalue weighted by atomic mass is 9.92. The van der Waals surface area contributed by atoms with Crippen LogP contribution in [0.1, 0.15) is 59.8 Å². The van der Waals surface area contributed by atoms with Crippen LogP contribution in [0.5, 0.6) is 0 Å². The van der Waals surface area contributed by atoms with E-state index in [0.29, 0.717) is 42.3 Å². The van der Waals surface area contributed by atoms with E-state index >= 15 is 0 Å². The Morgan fingerprint density at radius 3 is 2.67 bits per heavy atom. The number of carbonyl (C=O) groups is 2. The van der Waals surface area contributed by atoms with E-state index in [2.05, 4.69) is 25.9 Å². The molecule has 0 bridgehead atoms. The molecule has 0 radical (unpaired) electrons. The molecule has 11 heteroatoms. The second kappa shape index (κ2) is 16.2. The molecule has 1 fully saturated rings. The van der Waals surface area contributed by atoms with E-state index in [-0.39, 0.29) is 18.1 Å². The Labute approximate surface area is 212 Å². The summed E-state index contributed by atoms with van der Waals surface area (Å²) in [5.74, 6) is 0.453. The van der Waals surface area contributed by atoms with Gasteiger partial charge < -0.3 is 26.8 Å². The van der Waals surface area contributed by atoms with E-state index in [1.807, 2.05) is 26.2 Å². The number of allylic oxidation sites excluding steroid dienone is 3. The average Bonchev–Trinajstić information content (AvgIpc) is 3.34. The fraction of sp³-hybridized carbons (Fsp3) is 0.480. The smallest absolute Gasteiger partial charge is 0.231 e. The summed E-state index contributed by atoms with van der Waals surface area (Å²) >= 11 is 0. The molecule has 3 heterocycles. The Morgan fingerprint density at radius 2 is 1.97 bits per heavy atom. The van der Waals surface area contributed by atoms with Gasteiger partial charge in [0.1, 0.15) is 11.5 Å². The van der Waals surface area contributed by atoms with Gasteiger partial charge in [-0.25, -0.2) is 0 Å². The molecule has 0 aliphatic carbocycles. The van der Waals surface area contributed by atoms with Gasteiger partial charge in [0.15, 0.2) is 6.29 Å². The molecule has 0 saturated carbocycles. The van der Waals surface area contributed by atoms with Crippen molar-refractivity contribution in [1.29, 1.82) is 0 Å². The molecule has 2 aromatic heterocycles. The molecule has 3 rings (SSSR count). The number of amides is 1. The summed E-state index contributed by atoms with van der Waals surface area (Å²) < 4.78 is 7.05. The van der Waals surface area contributed by atoms with Gasteiger partial charge in [-0.1, -0.05) is 5.21 Å². The highest BCUT2D eigenvalue weighted by molar-refractivity contribution is 5.79. The van der Waals surface area contributed by atoms with Crippen molar-refractivity contribution in [3.63, 3.8) is 0 Å². The average molecular weight is 499 g/mol. The van der Waals surface area contributed by atoms with Crippen LogP contribution in [0.15, 0.2) is 48.2 Å². The molecule has 1 aliphatic rings. The molecule has 0 unspecified atom stereocenters. The fourth-order valence-corrected chi connectivity index (χ4v) is 3.65. The van der Waals surface area contributed by atoms with E-state index in [0.717, 1.165) is 38.9 Å². The molecule has 1 aliphatic heterocycles. The summed E-state index contributed by atoms with van der Waals surface area (Å²) in [6, 6.07) is 4.00. The summed E-state index contributed by atoms with van der Waals surface area (Å²) in [5.41, 5.74) is 14.8. The van der Waals surface area contributed by atoms with Crippen LogP contribution in [0.3, 0.4) is 0 Å². The van der Waals surface area contributed by atoms with Crippen LogP contribution in [-0.4, -0.2) is 59.5 Å².